The Labute approximate surface area is 131 Å². The van der Waals surface area contributed by atoms with E-state index in [1.165, 1.54) is 18.6 Å². The van der Waals surface area contributed by atoms with Gasteiger partial charge in [0.15, 0.2) is 0 Å². The van der Waals surface area contributed by atoms with Crippen LogP contribution in [0.3, 0.4) is 0 Å². The van der Waals surface area contributed by atoms with Gasteiger partial charge in [0, 0.05) is 11.9 Å². The summed E-state index contributed by atoms with van der Waals surface area (Å²) in [5.41, 5.74) is 2.28. The molecule has 3 rings (SSSR count). The van der Waals surface area contributed by atoms with Crippen LogP contribution in [0.4, 0.5) is 10.1 Å². The summed E-state index contributed by atoms with van der Waals surface area (Å²) in [5, 5.41) is 6.87. The van der Waals surface area contributed by atoms with Gasteiger partial charge in [-0.1, -0.05) is 0 Å². The van der Waals surface area contributed by atoms with Gasteiger partial charge in [-0.2, -0.15) is 5.10 Å². The number of rotatable bonds is 3. The van der Waals surface area contributed by atoms with Gasteiger partial charge in [-0.3, -0.25) is 9.78 Å². The Morgan fingerprint density at radius 1 is 1.13 bits per heavy atom. The zero-order valence-electron chi connectivity index (χ0n) is 12.5. The first-order valence-electron chi connectivity index (χ1n) is 6.80. The Balaban J connectivity index is 1.77. The van der Waals surface area contributed by atoms with E-state index in [1.54, 1.807) is 4.68 Å². The van der Waals surface area contributed by atoms with Crippen molar-refractivity contribution in [1.82, 2.24) is 24.7 Å². The van der Waals surface area contributed by atoms with Gasteiger partial charge in [0.2, 0.25) is 0 Å². The topological polar surface area (TPSA) is 85.6 Å². The van der Waals surface area contributed by atoms with E-state index >= 15 is 0 Å². The van der Waals surface area contributed by atoms with Gasteiger partial charge >= 0.3 is 0 Å². The second-order valence-corrected chi connectivity index (χ2v) is 4.96. The van der Waals surface area contributed by atoms with E-state index in [0.29, 0.717) is 11.6 Å². The average Bonchev–Trinajstić information content (AvgIpc) is 2.86. The van der Waals surface area contributed by atoms with Crippen molar-refractivity contribution >= 4 is 11.6 Å². The van der Waals surface area contributed by atoms with E-state index in [1.807, 2.05) is 19.9 Å². The molecule has 0 unspecified atom stereocenters. The fraction of sp³-hybridized carbons (Fsp3) is 0.133. The third-order valence-corrected chi connectivity index (χ3v) is 3.06. The molecule has 0 spiro atoms. The normalized spacial score (nSPS) is 10.6. The summed E-state index contributed by atoms with van der Waals surface area (Å²) >= 11 is 0. The first-order chi connectivity index (χ1) is 11.0. The summed E-state index contributed by atoms with van der Waals surface area (Å²) < 4.78 is 14.7. The fourth-order valence-electron chi connectivity index (χ4n) is 2.07. The lowest BCUT2D eigenvalue weighted by Crippen LogP contribution is -2.13. The molecule has 0 aliphatic heterocycles. The number of pyridine rings is 1. The van der Waals surface area contributed by atoms with Crippen LogP contribution in [0.25, 0.3) is 5.95 Å². The summed E-state index contributed by atoms with van der Waals surface area (Å²) in [6, 6.07) is 3.02. The van der Waals surface area contributed by atoms with Crippen molar-refractivity contribution in [3.63, 3.8) is 0 Å². The van der Waals surface area contributed by atoms with Crippen LogP contribution < -0.4 is 5.32 Å². The minimum Gasteiger partial charge on any atom is -0.319 e. The molecule has 0 aliphatic carbocycles. The molecule has 3 aromatic heterocycles. The van der Waals surface area contributed by atoms with Gasteiger partial charge in [-0.05, 0) is 26.0 Å². The first-order valence-corrected chi connectivity index (χ1v) is 6.80. The van der Waals surface area contributed by atoms with Gasteiger partial charge in [-0.25, -0.2) is 19.0 Å². The number of halogens is 1. The van der Waals surface area contributed by atoms with Crippen molar-refractivity contribution in [2.24, 2.45) is 0 Å². The lowest BCUT2D eigenvalue weighted by Gasteiger charge is -2.06. The molecule has 0 radical (unpaired) electrons. The van der Waals surface area contributed by atoms with Crippen molar-refractivity contribution in [3.8, 4) is 5.95 Å². The SMILES string of the molecule is Cc1cc(C)n(-c2ncc(NC(=O)c3cncc(F)c3)cn2)n1. The molecule has 8 heteroatoms. The highest BCUT2D eigenvalue weighted by molar-refractivity contribution is 6.03. The Bertz CT molecular complexity index is 859. The van der Waals surface area contributed by atoms with Crippen LogP contribution in [0, 0.1) is 19.7 Å². The highest BCUT2D eigenvalue weighted by Gasteiger charge is 2.10. The summed E-state index contributed by atoms with van der Waals surface area (Å²) in [7, 11) is 0. The van der Waals surface area contributed by atoms with E-state index in [2.05, 4.69) is 25.4 Å². The molecule has 23 heavy (non-hydrogen) atoms. The molecular formula is C15H13FN6O. The first kappa shape index (κ1) is 14.8. The Morgan fingerprint density at radius 2 is 1.87 bits per heavy atom. The van der Waals surface area contributed by atoms with Crippen LogP contribution in [0.1, 0.15) is 21.7 Å². The smallest absolute Gasteiger partial charge is 0.257 e. The molecule has 116 valence electrons. The molecule has 0 fully saturated rings. The van der Waals surface area contributed by atoms with Gasteiger partial charge in [0.25, 0.3) is 11.9 Å². The quantitative estimate of drug-likeness (QED) is 0.800. The van der Waals surface area contributed by atoms with Crippen LogP contribution in [-0.4, -0.2) is 30.6 Å². The molecule has 1 amide bonds. The fourth-order valence-corrected chi connectivity index (χ4v) is 2.07. The highest BCUT2D eigenvalue weighted by atomic mass is 19.1. The molecule has 3 aromatic rings. The largest absolute Gasteiger partial charge is 0.319 e. The molecular weight excluding hydrogens is 299 g/mol. The summed E-state index contributed by atoms with van der Waals surface area (Å²) in [5.74, 6) is -0.658. The maximum Gasteiger partial charge on any atom is 0.257 e. The molecule has 7 nitrogen and oxygen atoms in total. The predicted molar refractivity (Wildman–Crippen MR) is 80.8 cm³/mol. The number of aryl methyl sites for hydroxylation is 2. The van der Waals surface area contributed by atoms with Crippen molar-refractivity contribution in [2.75, 3.05) is 5.32 Å². The molecule has 0 aromatic carbocycles. The van der Waals surface area contributed by atoms with Crippen LogP contribution >= 0.6 is 0 Å². The Hall–Kier alpha value is -3.16. The summed E-state index contributed by atoms with van der Waals surface area (Å²) in [6.07, 6.45) is 5.24. The minimum atomic E-state index is -0.575. The zero-order valence-corrected chi connectivity index (χ0v) is 12.5. The maximum absolute atomic E-state index is 13.1. The second-order valence-electron chi connectivity index (χ2n) is 4.96. The van der Waals surface area contributed by atoms with Crippen molar-refractivity contribution in [1.29, 1.82) is 0 Å². The minimum absolute atomic E-state index is 0.118. The zero-order chi connectivity index (χ0) is 16.4. The van der Waals surface area contributed by atoms with Gasteiger partial charge in [0.1, 0.15) is 5.82 Å². The van der Waals surface area contributed by atoms with Crippen molar-refractivity contribution in [3.05, 3.63) is 59.7 Å². The third kappa shape index (κ3) is 3.20. The summed E-state index contributed by atoms with van der Waals surface area (Å²) in [6.45, 7) is 3.78. The highest BCUT2D eigenvalue weighted by Crippen LogP contribution is 2.11. The van der Waals surface area contributed by atoms with Gasteiger partial charge in [0.05, 0.1) is 35.5 Å². The Kier molecular flexibility index (Phi) is 3.80. The lowest BCUT2D eigenvalue weighted by molar-refractivity contribution is 0.102. The number of nitrogens with one attached hydrogen (secondary N) is 1. The third-order valence-electron chi connectivity index (χ3n) is 3.06. The molecule has 0 bridgehead atoms. The number of amides is 1. The maximum atomic E-state index is 13.1. The monoisotopic (exact) mass is 312 g/mol. The second kappa shape index (κ2) is 5.91. The number of carbonyl (C=O) groups is 1. The number of hydrogen-bond acceptors (Lipinski definition) is 5. The Morgan fingerprint density at radius 3 is 2.48 bits per heavy atom. The van der Waals surface area contributed by atoms with Crippen LogP contribution in [-0.2, 0) is 0 Å². The van der Waals surface area contributed by atoms with E-state index in [9.17, 15) is 9.18 Å². The van der Waals surface area contributed by atoms with Crippen LogP contribution in [0.2, 0.25) is 0 Å². The van der Waals surface area contributed by atoms with E-state index in [4.69, 9.17) is 0 Å². The number of aromatic nitrogens is 5. The van der Waals surface area contributed by atoms with Crippen LogP contribution in [0.5, 0.6) is 0 Å². The van der Waals surface area contributed by atoms with Gasteiger partial charge in [-0.15, -0.1) is 0 Å². The van der Waals surface area contributed by atoms with Crippen molar-refractivity contribution in [2.45, 2.75) is 13.8 Å². The lowest BCUT2D eigenvalue weighted by atomic mass is 10.2. The molecule has 0 saturated heterocycles. The van der Waals surface area contributed by atoms with E-state index in [-0.39, 0.29) is 5.56 Å². The number of carbonyl (C=O) groups excluding carboxylic acids is 1. The molecule has 0 atom stereocenters. The molecule has 0 saturated carbocycles. The van der Waals surface area contributed by atoms with Crippen LogP contribution in [0.15, 0.2) is 36.9 Å². The number of nitrogens with zero attached hydrogens (tertiary/aromatic N) is 5. The molecule has 3 heterocycles. The van der Waals surface area contributed by atoms with Gasteiger partial charge < -0.3 is 5.32 Å². The van der Waals surface area contributed by atoms with Crippen molar-refractivity contribution < 1.29 is 9.18 Å². The number of anilines is 1. The molecule has 1 N–H and O–H groups in total. The average molecular weight is 312 g/mol. The van der Waals surface area contributed by atoms with E-state index < -0.39 is 11.7 Å². The standard InChI is InChI=1S/C15H13FN6O/c1-9-3-10(2)22(21-9)15-18-7-13(8-19-15)20-14(23)11-4-12(16)6-17-5-11/h3-8H,1-2H3,(H,20,23). The number of hydrogen-bond donors (Lipinski definition) is 1. The van der Waals surface area contributed by atoms with E-state index in [0.717, 1.165) is 23.7 Å². The molecule has 0 aliphatic rings. The summed E-state index contributed by atoms with van der Waals surface area (Å²) in [4.78, 5) is 24.0. The predicted octanol–water partition coefficient (Wildman–Crippen LogP) is 2.07.